The Morgan fingerprint density at radius 2 is 2.25 bits per heavy atom. The van der Waals surface area contributed by atoms with E-state index in [0.717, 1.165) is 10.4 Å². The van der Waals surface area contributed by atoms with Crippen LogP contribution in [0.25, 0.3) is 10.4 Å². The molecule has 1 saturated carbocycles. The van der Waals surface area contributed by atoms with Gasteiger partial charge in [-0.25, -0.2) is 9.78 Å². The molecule has 0 aliphatic heterocycles. The molecule has 1 fully saturated rings. The first-order valence-electron chi connectivity index (χ1n) is 6.63. The predicted molar refractivity (Wildman–Crippen MR) is 79.9 cm³/mol. The van der Waals surface area contributed by atoms with Gasteiger partial charge in [-0.1, -0.05) is 12.5 Å². The summed E-state index contributed by atoms with van der Waals surface area (Å²) in [4.78, 5) is 17.4. The zero-order valence-electron chi connectivity index (χ0n) is 11.3. The quantitative estimate of drug-likeness (QED) is 0.694. The Hall–Kier alpha value is -1.88. The minimum absolute atomic E-state index is 0.370. The van der Waals surface area contributed by atoms with Crippen LogP contribution in [0.1, 0.15) is 40.5 Å². The lowest BCUT2D eigenvalue weighted by atomic mass is 9.86. The Labute approximate surface area is 121 Å². The van der Waals surface area contributed by atoms with E-state index in [-0.39, 0.29) is 5.97 Å². The predicted octanol–water partition coefficient (Wildman–Crippen LogP) is 3.45. The van der Waals surface area contributed by atoms with Crippen LogP contribution in [-0.2, 0) is 4.74 Å². The Bertz CT molecular complexity index is 647. The van der Waals surface area contributed by atoms with Gasteiger partial charge in [-0.05, 0) is 25.0 Å². The van der Waals surface area contributed by atoms with Crippen molar-refractivity contribution in [3.63, 3.8) is 0 Å². The molecular formula is C15H16N2O2S. The molecule has 0 bridgehead atoms. The number of nitrogen functional groups attached to an aromatic ring is 1. The van der Waals surface area contributed by atoms with Crippen LogP contribution >= 0.6 is 11.3 Å². The largest absolute Gasteiger partial charge is 0.465 e. The second-order valence-corrected chi connectivity index (χ2v) is 6.05. The molecular weight excluding hydrogens is 272 g/mol. The van der Waals surface area contributed by atoms with E-state index in [0.29, 0.717) is 17.2 Å². The molecule has 2 N–H and O–H groups in total. The fourth-order valence-corrected chi connectivity index (χ4v) is 3.44. The molecule has 0 unspecified atom stereocenters. The first kappa shape index (κ1) is 13.1. The SMILES string of the molecule is COC(=O)c1cc(N)ccc1-c1cnc(C2CCC2)s1. The molecule has 5 heteroatoms. The number of carbonyl (C=O) groups is 1. The Morgan fingerprint density at radius 3 is 2.90 bits per heavy atom. The summed E-state index contributed by atoms with van der Waals surface area (Å²) in [5.74, 6) is 0.231. The van der Waals surface area contributed by atoms with Crippen LogP contribution in [0.15, 0.2) is 24.4 Å². The molecule has 4 nitrogen and oxygen atoms in total. The topological polar surface area (TPSA) is 65.2 Å². The number of hydrogen-bond donors (Lipinski definition) is 1. The summed E-state index contributed by atoms with van der Waals surface area (Å²) in [5.41, 5.74) is 7.65. The summed E-state index contributed by atoms with van der Waals surface area (Å²) in [6.07, 6.45) is 5.57. The van der Waals surface area contributed by atoms with Gasteiger partial charge in [0.05, 0.1) is 22.6 Å². The first-order chi connectivity index (χ1) is 9.69. The molecule has 0 spiro atoms. The van der Waals surface area contributed by atoms with Gasteiger partial charge in [0.2, 0.25) is 0 Å². The van der Waals surface area contributed by atoms with Crippen LogP contribution in [-0.4, -0.2) is 18.1 Å². The van der Waals surface area contributed by atoms with Gasteiger partial charge in [-0.3, -0.25) is 0 Å². The minimum atomic E-state index is -0.370. The van der Waals surface area contributed by atoms with Crippen molar-refractivity contribution in [1.82, 2.24) is 4.98 Å². The average molecular weight is 288 g/mol. The summed E-state index contributed by atoms with van der Waals surface area (Å²) < 4.78 is 4.83. The van der Waals surface area contributed by atoms with Crippen molar-refractivity contribution in [3.05, 3.63) is 35.0 Å². The number of anilines is 1. The Balaban J connectivity index is 2.00. The third kappa shape index (κ3) is 2.29. The summed E-state index contributed by atoms with van der Waals surface area (Å²) in [5, 5.41) is 1.17. The highest BCUT2D eigenvalue weighted by Gasteiger charge is 2.23. The maximum atomic E-state index is 11.9. The molecule has 3 rings (SSSR count). The third-order valence-corrected chi connectivity index (χ3v) is 4.89. The van der Waals surface area contributed by atoms with Crippen molar-refractivity contribution in [2.24, 2.45) is 0 Å². The maximum absolute atomic E-state index is 11.9. The monoisotopic (exact) mass is 288 g/mol. The number of rotatable bonds is 3. The Morgan fingerprint density at radius 1 is 1.45 bits per heavy atom. The third-order valence-electron chi connectivity index (χ3n) is 3.69. The number of ether oxygens (including phenoxy) is 1. The number of thiazole rings is 1. The van der Waals surface area contributed by atoms with Gasteiger partial charge in [0.25, 0.3) is 0 Å². The number of benzene rings is 1. The van der Waals surface area contributed by atoms with E-state index in [1.807, 2.05) is 12.3 Å². The van der Waals surface area contributed by atoms with E-state index in [1.165, 1.54) is 31.4 Å². The summed E-state index contributed by atoms with van der Waals surface area (Å²) in [6.45, 7) is 0. The van der Waals surface area contributed by atoms with Crippen molar-refractivity contribution in [2.45, 2.75) is 25.2 Å². The molecule has 1 aliphatic rings. The van der Waals surface area contributed by atoms with E-state index in [9.17, 15) is 4.79 Å². The molecule has 0 atom stereocenters. The number of hydrogen-bond acceptors (Lipinski definition) is 5. The zero-order chi connectivity index (χ0) is 14.1. The van der Waals surface area contributed by atoms with Gasteiger partial charge in [0, 0.05) is 23.4 Å². The van der Waals surface area contributed by atoms with Crippen molar-refractivity contribution < 1.29 is 9.53 Å². The summed E-state index contributed by atoms with van der Waals surface area (Å²) in [6, 6.07) is 5.31. The lowest BCUT2D eigenvalue weighted by Crippen LogP contribution is -2.07. The number of nitrogens with two attached hydrogens (primary N) is 1. The normalized spacial score (nSPS) is 14.8. The van der Waals surface area contributed by atoms with E-state index in [4.69, 9.17) is 10.5 Å². The summed E-state index contributed by atoms with van der Waals surface area (Å²) >= 11 is 1.66. The lowest BCUT2D eigenvalue weighted by molar-refractivity contribution is 0.0601. The molecule has 0 radical (unpaired) electrons. The van der Waals surface area contributed by atoms with Gasteiger partial charge in [0.1, 0.15) is 0 Å². The molecule has 1 aromatic carbocycles. The highest BCUT2D eigenvalue weighted by atomic mass is 32.1. The second kappa shape index (κ2) is 5.25. The van der Waals surface area contributed by atoms with E-state index >= 15 is 0 Å². The van der Waals surface area contributed by atoms with Crippen LogP contribution in [0.5, 0.6) is 0 Å². The van der Waals surface area contributed by atoms with E-state index in [1.54, 1.807) is 23.5 Å². The number of methoxy groups -OCH3 is 1. The minimum Gasteiger partial charge on any atom is -0.465 e. The Kier molecular flexibility index (Phi) is 3.44. The molecule has 104 valence electrons. The molecule has 20 heavy (non-hydrogen) atoms. The fourth-order valence-electron chi connectivity index (χ4n) is 2.31. The van der Waals surface area contributed by atoms with Gasteiger partial charge in [0.15, 0.2) is 0 Å². The van der Waals surface area contributed by atoms with Crippen molar-refractivity contribution >= 4 is 23.0 Å². The molecule has 1 heterocycles. The van der Waals surface area contributed by atoms with E-state index in [2.05, 4.69) is 4.98 Å². The van der Waals surface area contributed by atoms with Crippen molar-refractivity contribution in [3.8, 4) is 10.4 Å². The first-order valence-corrected chi connectivity index (χ1v) is 7.44. The molecule has 1 aromatic heterocycles. The zero-order valence-corrected chi connectivity index (χ0v) is 12.1. The van der Waals surface area contributed by atoms with Crippen LogP contribution in [0.4, 0.5) is 5.69 Å². The summed E-state index contributed by atoms with van der Waals surface area (Å²) in [7, 11) is 1.38. The van der Waals surface area contributed by atoms with Gasteiger partial charge < -0.3 is 10.5 Å². The highest BCUT2D eigenvalue weighted by molar-refractivity contribution is 7.15. The fraction of sp³-hybridized carbons (Fsp3) is 0.333. The molecule has 1 aliphatic carbocycles. The number of aromatic nitrogens is 1. The number of carbonyl (C=O) groups excluding carboxylic acids is 1. The van der Waals surface area contributed by atoms with Gasteiger partial charge in [-0.2, -0.15) is 0 Å². The van der Waals surface area contributed by atoms with Crippen LogP contribution in [0.2, 0.25) is 0 Å². The van der Waals surface area contributed by atoms with Crippen LogP contribution in [0.3, 0.4) is 0 Å². The van der Waals surface area contributed by atoms with Crippen LogP contribution < -0.4 is 5.73 Å². The lowest BCUT2D eigenvalue weighted by Gasteiger charge is -2.22. The van der Waals surface area contributed by atoms with Crippen molar-refractivity contribution in [1.29, 1.82) is 0 Å². The van der Waals surface area contributed by atoms with Crippen molar-refractivity contribution in [2.75, 3.05) is 12.8 Å². The standard InChI is InChI=1S/C15H16N2O2S/c1-19-15(18)12-7-10(16)5-6-11(12)13-8-17-14(20-13)9-3-2-4-9/h5-9H,2-4,16H2,1H3. The smallest absolute Gasteiger partial charge is 0.338 e. The van der Waals surface area contributed by atoms with Gasteiger partial charge >= 0.3 is 5.97 Å². The van der Waals surface area contributed by atoms with Crippen LogP contribution in [0, 0.1) is 0 Å². The van der Waals surface area contributed by atoms with Gasteiger partial charge in [-0.15, -0.1) is 11.3 Å². The second-order valence-electron chi connectivity index (χ2n) is 4.99. The maximum Gasteiger partial charge on any atom is 0.338 e. The number of nitrogens with zero attached hydrogens (tertiary/aromatic N) is 1. The number of esters is 1. The average Bonchev–Trinajstić information content (AvgIpc) is 2.84. The molecule has 0 saturated heterocycles. The van der Waals surface area contributed by atoms with E-state index < -0.39 is 0 Å². The molecule has 2 aromatic rings. The highest BCUT2D eigenvalue weighted by Crippen LogP contribution is 2.41. The molecule has 0 amide bonds.